The van der Waals surface area contributed by atoms with Crippen molar-refractivity contribution in [2.75, 3.05) is 22.1 Å². The van der Waals surface area contributed by atoms with E-state index in [0.29, 0.717) is 29.7 Å². The van der Waals surface area contributed by atoms with E-state index >= 15 is 0 Å². The number of nitrogens with one attached hydrogen (secondary N) is 2. The van der Waals surface area contributed by atoms with Crippen molar-refractivity contribution in [3.63, 3.8) is 0 Å². The summed E-state index contributed by atoms with van der Waals surface area (Å²) >= 11 is 0. The van der Waals surface area contributed by atoms with E-state index in [9.17, 15) is 13.2 Å². The van der Waals surface area contributed by atoms with Gasteiger partial charge in [-0.15, -0.1) is 0 Å². The molecule has 27 heavy (non-hydrogen) atoms. The molecule has 0 saturated carbocycles. The predicted molar refractivity (Wildman–Crippen MR) is 106 cm³/mol. The van der Waals surface area contributed by atoms with Crippen LogP contribution < -0.4 is 10.6 Å². The Balaban J connectivity index is 1.72. The molecule has 0 bridgehead atoms. The van der Waals surface area contributed by atoms with E-state index in [2.05, 4.69) is 34.4 Å². The minimum absolute atomic E-state index is 0.0831. The van der Waals surface area contributed by atoms with Crippen LogP contribution in [0.2, 0.25) is 0 Å². The van der Waals surface area contributed by atoms with E-state index in [0.717, 1.165) is 0 Å². The van der Waals surface area contributed by atoms with Crippen LogP contribution in [0.15, 0.2) is 30.3 Å². The monoisotopic (exact) mass is 388 g/mol. The summed E-state index contributed by atoms with van der Waals surface area (Å²) in [5, 5.41) is 5.94. The van der Waals surface area contributed by atoms with Crippen molar-refractivity contribution in [2.45, 2.75) is 39.2 Å². The minimum Gasteiger partial charge on any atom is -0.366 e. The van der Waals surface area contributed by atoms with Gasteiger partial charge in [0.1, 0.15) is 17.3 Å². The summed E-state index contributed by atoms with van der Waals surface area (Å²) in [6, 6.07) is 9.06. The molecule has 0 radical (unpaired) electrons. The van der Waals surface area contributed by atoms with Gasteiger partial charge < -0.3 is 10.6 Å². The smallest absolute Gasteiger partial charge is 0.274 e. The fourth-order valence-electron chi connectivity index (χ4n) is 3.02. The summed E-state index contributed by atoms with van der Waals surface area (Å²) < 4.78 is 23.2. The standard InChI is InChI=1S/C19H24N4O3S/c1-12(2)14-4-6-15(7-5-14)23-19(24)17-10-18(21-13(3)20-17)22-16-8-9-27(25,26)11-16/h4-7,10,12,16H,8-9,11H2,1-3H3,(H,23,24)(H,20,21,22). The lowest BCUT2D eigenvalue weighted by Crippen LogP contribution is -2.22. The molecule has 1 aromatic heterocycles. The van der Waals surface area contributed by atoms with Crippen LogP contribution in [-0.4, -0.2) is 41.8 Å². The molecule has 144 valence electrons. The lowest BCUT2D eigenvalue weighted by molar-refractivity contribution is 0.102. The van der Waals surface area contributed by atoms with E-state index in [4.69, 9.17) is 0 Å². The van der Waals surface area contributed by atoms with Gasteiger partial charge in [-0.1, -0.05) is 26.0 Å². The van der Waals surface area contributed by atoms with Crippen molar-refractivity contribution in [1.82, 2.24) is 9.97 Å². The summed E-state index contributed by atoms with van der Waals surface area (Å²) in [4.78, 5) is 21.0. The third-order valence-corrected chi connectivity index (χ3v) is 6.26. The molecule has 3 rings (SSSR count). The van der Waals surface area contributed by atoms with Gasteiger partial charge in [-0.3, -0.25) is 4.79 Å². The topological polar surface area (TPSA) is 101 Å². The third-order valence-electron chi connectivity index (χ3n) is 4.49. The first-order valence-electron chi connectivity index (χ1n) is 8.96. The summed E-state index contributed by atoms with van der Waals surface area (Å²) in [6.45, 7) is 5.92. The van der Waals surface area contributed by atoms with Gasteiger partial charge in [-0.05, 0) is 37.0 Å². The maximum Gasteiger partial charge on any atom is 0.274 e. The zero-order valence-corrected chi connectivity index (χ0v) is 16.5. The minimum atomic E-state index is -2.99. The number of amides is 1. The molecule has 1 aliphatic heterocycles. The van der Waals surface area contributed by atoms with Crippen LogP contribution >= 0.6 is 0 Å². The quantitative estimate of drug-likeness (QED) is 0.817. The predicted octanol–water partition coefficient (Wildman–Crippen LogP) is 2.76. The summed E-state index contributed by atoms with van der Waals surface area (Å²) in [7, 11) is -2.99. The molecule has 7 nitrogen and oxygen atoms in total. The number of carbonyl (C=O) groups excluding carboxylic acids is 1. The molecule has 1 fully saturated rings. The Kier molecular flexibility index (Phi) is 5.46. The largest absolute Gasteiger partial charge is 0.366 e. The molecule has 1 amide bonds. The number of sulfone groups is 1. The van der Waals surface area contributed by atoms with Crippen LogP contribution in [0.5, 0.6) is 0 Å². The highest BCUT2D eigenvalue weighted by Crippen LogP contribution is 2.19. The lowest BCUT2D eigenvalue weighted by atomic mass is 10.0. The highest BCUT2D eigenvalue weighted by Gasteiger charge is 2.28. The third kappa shape index (κ3) is 5.03. The average Bonchev–Trinajstić information content (AvgIpc) is 2.93. The van der Waals surface area contributed by atoms with Gasteiger partial charge in [0.2, 0.25) is 0 Å². The van der Waals surface area contributed by atoms with Crippen LogP contribution in [0, 0.1) is 6.92 Å². The normalized spacial score (nSPS) is 18.4. The second-order valence-electron chi connectivity index (χ2n) is 7.16. The van der Waals surface area contributed by atoms with E-state index < -0.39 is 9.84 Å². The number of aryl methyl sites for hydroxylation is 1. The first-order chi connectivity index (χ1) is 12.7. The molecule has 8 heteroatoms. The van der Waals surface area contributed by atoms with Gasteiger partial charge in [0.25, 0.3) is 5.91 Å². The van der Waals surface area contributed by atoms with Crippen molar-refractivity contribution < 1.29 is 13.2 Å². The number of aromatic nitrogens is 2. The zero-order valence-electron chi connectivity index (χ0n) is 15.7. The van der Waals surface area contributed by atoms with Gasteiger partial charge in [0, 0.05) is 17.8 Å². The van der Waals surface area contributed by atoms with Gasteiger partial charge in [0.15, 0.2) is 9.84 Å². The molecule has 0 aliphatic carbocycles. The van der Waals surface area contributed by atoms with Crippen molar-refractivity contribution >= 4 is 27.2 Å². The van der Waals surface area contributed by atoms with Crippen molar-refractivity contribution in [3.8, 4) is 0 Å². The van der Waals surface area contributed by atoms with Gasteiger partial charge >= 0.3 is 0 Å². The molecule has 1 atom stereocenters. The Labute approximate surface area is 159 Å². The van der Waals surface area contributed by atoms with Crippen LogP contribution in [0.25, 0.3) is 0 Å². The van der Waals surface area contributed by atoms with E-state index in [1.807, 2.05) is 24.3 Å². The molecule has 2 aromatic rings. The highest BCUT2D eigenvalue weighted by molar-refractivity contribution is 7.91. The Bertz CT molecular complexity index is 940. The molecular weight excluding hydrogens is 364 g/mol. The Morgan fingerprint density at radius 1 is 1.19 bits per heavy atom. The van der Waals surface area contributed by atoms with Crippen molar-refractivity contribution in [3.05, 3.63) is 47.4 Å². The van der Waals surface area contributed by atoms with E-state index in [1.165, 1.54) is 5.56 Å². The first-order valence-corrected chi connectivity index (χ1v) is 10.8. The van der Waals surface area contributed by atoms with E-state index in [1.54, 1.807) is 13.0 Å². The molecule has 1 aliphatic rings. The lowest BCUT2D eigenvalue weighted by Gasteiger charge is -2.13. The molecule has 2 N–H and O–H groups in total. The number of hydrogen-bond donors (Lipinski definition) is 2. The van der Waals surface area contributed by atoms with Crippen LogP contribution in [-0.2, 0) is 9.84 Å². The zero-order chi connectivity index (χ0) is 19.6. The number of carbonyl (C=O) groups is 1. The number of rotatable bonds is 5. The van der Waals surface area contributed by atoms with Crippen LogP contribution in [0.1, 0.15) is 48.1 Å². The van der Waals surface area contributed by atoms with Gasteiger partial charge in [-0.2, -0.15) is 0 Å². The molecule has 1 unspecified atom stereocenters. The molecular formula is C19H24N4O3S. The number of anilines is 2. The molecule has 0 spiro atoms. The SMILES string of the molecule is Cc1nc(NC2CCS(=O)(=O)C2)cc(C(=O)Nc2ccc(C(C)C)cc2)n1. The first kappa shape index (κ1) is 19.3. The maximum atomic E-state index is 12.6. The fourth-order valence-corrected chi connectivity index (χ4v) is 4.70. The van der Waals surface area contributed by atoms with Crippen molar-refractivity contribution in [1.29, 1.82) is 0 Å². The Hall–Kier alpha value is -2.48. The highest BCUT2D eigenvalue weighted by atomic mass is 32.2. The van der Waals surface area contributed by atoms with Gasteiger partial charge in [0.05, 0.1) is 11.5 Å². The number of nitrogens with zero attached hydrogens (tertiary/aromatic N) is 2. The average molecular weight is 388 g/mol. The molecule has 2 heterocycles. The number of benzene rings is 1. The van der Waals surface area contributed by atoms with E-state index in [-0.39, 0.29) is 29.1 Å². The maximum absolute atomic E-state index is 12.6. The van der Waals surface area contributed by atoms with Crippen LogP contribution in [0.3, 0.4) is 0 Å². The second-order valence-corrected chi connectivity index (χ2v) is 9.39. The summed E-state index contributed by atoms with van der Waals surface area (Å²) in [5.41, 5.74) is 2.12. The fraction of sp³-hybridized carbons (Fsp3) is 0.421. The van der Waals surface area contributed by atoms with Gasteiger partial charge in [-0.25, -0.2) is 18.4 Å². The summed E-state index contributed by atoms with van der Waals surface area (Å²) in [6.07, 6.45) is 0.537. The van der Waals surface area contributed by atoms with Crippen LogP contribution in [0.4, 0.5) is 11.5 Å². The Morgan fingerprint density at radius 2 is 1.89 bits per heavy atom. The number of hydrogen-bond acceptors (Lipinski definition) is 6. The molecule has 1 saturated heterocycles. The van der Waals surface area contributed by atoms with Crippen molar-refractivity contribution in [2.24, 2.45) is 0 Å². The second kappa shape index (κ2) is 7.64. The Morgan fingerprint density at radius 3 is 2.48 bits per heavy atom. The summed E-state index contributed by atoms with van der Waals surface area (Å²) in [5.74, 6) is 1.26. The molecule has 1 aromatic carbocycles.